The summed E-state index contributed by atoms with van der Waals surface area (Å²) in [6, 6.07) is 5.25. The molecule has 2 rings (SSSR count). The third-order valence-corrected chi connectivity index (χ3v) is 4.57. The lowest BCUT2D eigenvalue weighted by atomic mass is 9.96. The zero-order valence-electron chi connectivity index (χ0n) is 13.1. The molecule has 0 bridgehead atoms. The Hall–Kier alpha value is -1.75. The minimum absolute atomic E-state index is 0.0619. The van der Waals surface area contributed by atoms with Crippen LogP contribution in [0.5, 0.6) is 5.75 Å². The molecule has 0 spiro atoms. The predicted molar refractivity (Wildman–Crippen MR) is 84.6 cm³/mol. The van der Waals surface area contributed by atoms with Crippen molar-refractivity contribution in [2.24, 2.45) is 0 Å². The zero-order chi connectivity index (χ0) is 15.5. The fraction of sp³-hybridized carbons (Fsp3) is 0.562. The molecule has 1 fully saturated rings. The van der Waals surface area contributed by atoms with Crippen molar-refractivity contribution in [2.45, 2.75) is 31.2 Å². The quantitative estimate of drug-likeness (QED) is 0.813. The van der Waals surface area contributed by atoms with E-state index in [1.54, 1.807) is 25.3 Å². The first-order chi connectivity index (χ1) is 10.00. The Morgan fingerprint density at radius 1 is 1.38 bits per heavy atom. The molecule has 1 aliphatic carbocycles. The summed E-state index contributed by atoms with van der Waals surface area (Å²) in [6.45, 7) is 0.635. The fourth-order valence-electron chi connectivity index (χ4n) is 3.11. The number of hydrogen-bond donors (Lipinski definition) is 2. The molecule has 0 aliphatic heterocycles. The van der Waals surface area contributed by atoms with E-state index in [0.717, 1.165) is 12.8 Å². The van der Waals surface area contributed by atoms with E-state index in [4.69, 9.17) is 10.5 Å². The number of ether oxygens (including phenoxy) is 1. The van der Waals surface area contributed by atoms with Gasteiger partial charge in [0.25, 0.3) is 5.91 Å². The van der Waals surface area contributed by atoms with Gasteiger partial charge in [-0.1, -0.05) is 18.9 Å². The molecule has 0 atom stereocenters. The number of nitrogens with zero attached hydrogens (tertiary/aromatic N) is 1. The highest BCUT2D eigenvalue weighted by atomic mass is 16.5. The highest BCUT2D eigenvalue weighted by molar-refractivity contribution is 6.01. The Morgan fingerprint density at radius 3 is 2.62 bits per heavy atom. The predicted octanol–water partition coefficient (Wildman–Crippen LogP) is 1.88. The first kappa shape index (κ1) is 15.6. The second kappa shape index (κ2) is 6.35. The van der Waals surface area contributed by atoms with Crippen LogP contribution < -0.4 is 15.8 Å². The van der Waals surface area contributed by atoms with Crippen molar-refractivity contribution in [3.05, 3.63) is 23.8 Å². The van der Waals surface area contributed by atoms with Gasteiger partial charge in [0.2, 0.25) is 0 Å². The van der Waals surface area contributed by atoms with Crippen molar-refractivity contribution < 1.29 is 9.53 Å². The van der Waals surface area contributed by atoms with Crippen molar-refractivity contribution in [2.75, 3.05) is 33.5 Å². The van der Waals surface area contributed by atoms with Crippen LogP contribution in [-0.2, 0) is 0 Å². The second-order valence-electron chi connectivity index (χ2n) is 5.93. The normalized spacial score (nSPS) is 17.0. The maximum Gasteiger partial charge on any atom is 0.257 e. The van der Waals surface area contributed by atoms with E-state index in [-0.39, 0.29) is 11.4 Å². The molecule has 0 aromatic heterocycles. The van der Waals surface area contributed by atoms with Crippen LogP contribution in [0.1, 0.15) is 36.0 Å². The number of nitrogens with one attached hydrogen (secondary N) is 1. The van der Waals surface area contributed by atoms with Crippen LogP contribution in [0.15, 0.2) is 18.2 Å². The van der Waals surface area contributed by atoms with E-state index in [1.807, 2.05) is 0 Å². The molecule has 0 heterocycles. The van der Waals surface area contributed by atoms with E-state index in [9.17, 15) is 4.79 Å². The maximum absolute atomic E-state index is 12.5. The lowest BCUT2D eigenvalue weighted by Crippen LogP contribution is -2.50. The standard InChI is InChI=1S/C16H25N3O2/c1-19(2)16(9-4-5-10-16)11-18-15(20)14-12(17)7-6-8-13(14)21-3/h6-8H,4-5,9-11,17H2,1-3H3,(H,18,20). The summed E-state index contributed by atoms with van der Waals surface area (Å²) in [5.74, 6) is 0.343. The van der Waals surface area contributed by atoms with Crippen LogP contribution in [0.4, 0.5) is 5.69 Å². The summed E-state index contributed by atoms with van der Waals surface area (Å²) in [7, 11) is 5.70. The summed E-state index contributed by atoms with van der Waals surface area (Å²) in [5.41, 5.74) is 6.85. The van der Waals surface area contributed by atoms with Gasteiger partial charge in [-0.05, 0) is 39.1 Å². The minimum atomic E-state index is -0.168. The number of nitrogens with two attached hydrogens (primary N) is 1. The van der Waals surface area contributed by atoms with Crippen molar-refractivity contribution in [3.63, 3.8) is 0 Å². The first-order valence-electron chi connectivity index (χ1n) is 7.38. The van der Waals surface area contributed by atoms with Gasteiger partial charge in [-0.2, -0.15) is 0 Å². The van der Waals surface area contributed by atoms with Gasteiger partial charge in [0.05, 0.1) is 7.11 Å². The Bertz CT molecular complexity index is 508. The molecule has 5 nitrogen and oxygen atoms in total. The monoisotopic (exact) mass is 291 g/mol. The topological polar surface area (TPSA) is 67.6 Å². The number of nitrogen functional groups attached to an aromatic ring is 1. The van der Waals surface area contributed by atoms with Crippen molar-refractivity contribution in [1.29, 1.82) is 0 Å². The van der Waals surface area contributed by atoms with Crippen LogP contribution in [0.25, 0.3) is 0 Å². The van der Waals surface area contributed by atoms with Crippen LogP contribution in [0.3, 0.4) is 0 Å². The van der Waals surface area contributed by atoms with E-state index in [0.29, 0.717) is 23.5 Å². The van der Waals surface area contributed by atoms with Gasteiger partial charge in [-0.15, -0.1) is 0 Å². The van der Waals surface area contributed by atoms with Gasteiger partial charge in [0, 0.05) is 17.8 Å². The number of methoxy groups -OCH3 is 1. The van der Waals surface area contributed by atoms with Crippen molar-refractivity contribution in [3.8, 4) is 5.75 Å². The van der Waals surface area contributed by atoms with E-state index < -0.39 is 0 Å². The molecule has 1 aromatic rings. The Kier molecular flexibility index (Phi) is 4.73. The fourth-order valence-corrected chi connectivity index (χ4v) is 3.11. The molecular weight excluding hydrogens is 266 g/mol. The lowest BCUT2D eigenvalue weighted by molar-refractivity contribution is 0.0898. The minimum Gasteiger partial charge on any atom is -0.496 e. The molecule has 3 N–H and O–H groups in total. The summed E-state index contributed by atoms with van der Waals surface area (Å²) >= 11 is 0. The summed E-state index contributed by atoms with van der Waals surface area (Å²) < 4.78 is 5.24. The molecule has 0 saturated heterocycles. The molecule has 21 heavy (non-hydrogen) atoms. The molecule has 116 valence electrons. The van der Waals surface area contributed by atoms with E-state index in [2.05, 4.69) is 24.3 Å². The van der Waals surface area contributed by atoms with Gasteiger partial charge >= 0.3 is 0 Å². The number of carbonyl (C=O) groups excluding carboxylic acids is 1. The molecule has 0 unspecified atom stereocenters. The van der Waals surface area contributed by atoms with Crippen molar-refractivity contribution >= 4 is 11.6 Å². The van der Waals surface area contributed by atoms with Gasteiger partial charge < -0.3 is 20.7 Å². The average Bonchev–Trinajstić information content (AvgIpc) is 2.94. The van der Waals surface area contributed by atoms with Crippen molar-refractivity contribution in [1.82, 2.24) is 10.2 Å². The zero-order valence-corrected chi connectivity index (χ0v) is 13.1. The van der Waals surface area contributed by atoms with Crippen LogP contribution in [-0.4, -0.2) is 44.1 Å². The third kappa shape index (κ3) is 3.13. The van der Waals surface area contributed by atoms with Gasteiger partial charge in [0.15, 0.2) is 0 Å². The molecular formula is C16H25N3O2. The molecule has 1 aliphatic rings. The summed E-state index contributed by atoms with van der Waals surface area (Å²) in [6.07, 6.45) is 4.65. The van der Waals surface area contributed by atoms with Crippen LogP contribution in [0, 0.1) is 0 Å². The molecule has 1 aromatic carbocycles. The first-order valence-corrected chi connectivity index (χ1v) is 7.38. The van der Waals surface area contributed by atoms with E-state index >= 15 is 0 Å². The molecule has 1 saturated carbocycles. The number of hydrogen-bond acceptors (Lipinski definition) is 4. The number of anilines is 1. The van der Waals surface area contributed by atoms with Gasteiger partial charge in [-0.25, -0.2) is 0 Å². The smallest absolute Gasteiger partial charge is 0.257 e. The molecule has 1 amide bonds. The third-order valence-electron chi connectivity index (χ3n) is 4.57. The summed E-state index contributed by atoms with van der Waals surface area (Å²) in [4.78, 5) is 14.7. The number of carbonyl (C=O) groups is 1. The highest BCUT2D eigenvalue weighted by Crippen LogP contribution is 2.33. The lowest BCUT2D eigenvalue weighted by Gasteiger charge is -2.36. The van der Waals surface area contributed by atoms with E-state index in [1.165, 1.54) is 12.8 Å². The number of amides is 1. The Balaban J connectivity index is 2.12. The Morgan fingerprint density at radius 2 is 2.05 bits per heavy atom. The van der Waals surface area contributed by atoms with Crippen LogP contribution in [0.2, 0.25) is 0 Å². The number of rotatable bonds is 5. The summed E-state index contributed by atoms with van der Waals surface area (Å²) in [5, 5.41) is 3.04. The second-order valence-corrected chi connectivity index (χ2v) is 5.93. The number of benzene rings is 1. The SMILES string of the molecule is COc1cccc(N)c1C(=O)NCC1(N(C)C)CCCC1. The number of likely N-dealkylation sites (N-methyl/N-ethyl adjacent to an activating group) is 1. The van der Waals surface area contributed by atoms with Gasteiger partial charge in [-0.3, -0.25) is 4.79 Å². The largest absolute Gasteiger partial charge is 0.496 e. The molecule has 5 heteroatoms. The average molecular weight is 291 g/mol. The maximum atomic E-state index is 12.5. The van der Waals surface area contributed by atoms with Crippen LogP contribution >= 0.6 is 0 Å². The highest BCUT2D eigenvalue weighted by Gasteiger charge is 2.36. The Labute approximate surface area is 126 Å². The van der Waals surface area contributed by atoms with Gasteiger partial charge in [0.1, 0.15) is 11.3 Å². The molecule has 0 radical (unpaired) electrons.